The van der Waals surface area contributed by atoms with Gasteiger partial charge in [-0.05, 0) is 13.8 Å². The summed E-state index contributed by atoms with van der Waals surface area (Å²) in [5, 5.41) is 7.03. The first-order valence-corrected chi connectivity index (χ1v) is 5.39. The SMILES string of the molecule is COC(=O)CNC(=O)C(C)n1cc(Cl)c(C)n1. The van der Waals surface area contributed by atoms with Crippen LogP contribution in [0.2, 0.25) is 5.02 Å². The molecule has 0 aliphatic carbocycles. The number of methoxy groups -OCH3 is 1. The minimum atomic E-state index is -0.536. The summed E-state index contributed by atoms with van der Waals surface area (Å²) in [5.41, 5.74) is 0.652. The molecule has 0 saturated heterocycles. The first kappa shape index (κ1) is 13.5. The summed E-state index contributed by atoms with van der Waals surface area (Å²) >= 11 is 5.84. The zero-order valence-corrected chi connectivity index (χ0v) is 10.6. The van der Waals surface area contributed by atoms with E-state index in [2.05, 4.69) is 15.2 Å². The lowest BCUT2D eigenvalue weighted by atomic mass is 10.3. The van der Waals surface area contributed by atoms with Gasteiger partial charge in [-0.3, -0.25) is 14.3 Å². The maximum atomic E-state index is 11.7. The highest BCUT2D eigenvalue weighted by Gasteiger charge is 2.17. The third kappa shape index (κ3) is 3.45. The van der Waals surface area contributed by atoms with Crippen molar-refractivity contribution >= 4 is 23.5 Å². The molecule has 1 atom stereocenters. The van der Waals surface area contributed by atoms with Gasteiger partial charge in [0.25, 0.3) is 0 Å². The van der Waals surface area contributed by atoms with Crippen molar-refractivity contribution in [1.29, 1.82) is 0 Å². The fourth-order valence-electron chi connectivity index (χ4n) is 1.16. The fourth-order valence-corrected chi connectivity index (χ4v) is 1.29. The zero-order valence-electron chi connectivity index (χ0n) is 9.86. The molecule has 1 N–H and O–H groups in total. The van der Waals surface area contributed by atoms with Crippen LogP contribution in [0.3, 0.4) is 0 Å². The van der Waals surface area contributed by atoms with Crippen LogP contribution in [0.4, 0.5) is 0 Å². The summed E-state index contributed by atoms with van der Waals surface area (Å²) < 4.78 is 5.86. The minimum absolute atomic E-state index is 0.159. The Kier molecular flexibility index (Phi) is 4.51. The van der Waals surface area contributed by atoms with Crippen molar-refractivity contribution in [3.63, 3.8) is 0 Å². The average molecular weight is 260 g/mol. The molecule has 1 aromatic rings. The quantitative estimate of drug-likeness (QED) is 0.808. The summed E-state index contributed by atoms with van der Waals surface area (Å²) in [6.07, 6.45) is 1.57. The molecule has 0 bridgehead atoms. The van der Waals surface area contributed by atoms with Crippen LogP contribution < -0.4 is 5.32 Å². The first-order chi connectivity index (χ1) is 7.95. The summed E-state index contributed by atoms with van der Waals surface area (Å²) in [6.45, 7) is 3.25. The van der Waals surface area contributed by atoms with E-state index in [1.54, 1.807) is 20.0 Å². The van der Waals surface area contributed by atoms with Crippen LogP contribution in [-0.2, 0) is 14.3 Å². The van der Waals surface area contributed by atoms with E-state index < -0.39 is 12.0 Å². The molecule has 6 nitrogen and oxygen atoms in total. The van der Waals surface area contributed by atoms with Gasteiger partial charge in [0.1, 0.15) is 12.6 Å². The molecular weight excluding hydrogens is 246 g/mol. The van der Waals surface area contributed by atoms with Gasteiger partial charge < -0.3 is 10.1 Å². The van der Waals surface area contributed by atoms with Crippen LogP contribution in [0.15, 0.2) is 6.20 Å². The highest BCUT2D eigenvalue weighted by Crippen LogP contribution is 2.15. The van der Waals surface area contributed by atoms with Crippen molar-refractivity contribution in [2.24, 2.45) is 0 Å². The van der Waals surface area contributed by atoms with Crippen molar-refractivity contribution in [2.45, 2.75) is 19.9 Å². The van der Waals surface area contributed by atoms with Crippen LogP contribution >= 0.6 is 11.6 Å². The largest absolute Gasteiger partial charge is 0.468 e. The molecule has 0 aromatic carbocycles. The Morgan fingerprint density at radius 1 is 1.65 bits per heavy atom. The molecule has 7 heteroatoms. The van der Waals surface area contributed by atoms with Crippen LogP contribution in [0, 0.1) is 6.92 Å². The predicted molar refractivity (Wildman–Crippen MR) is 61.7 cm³/mol. The third-order valence-corrected chi connectivity index (χ3v) is 2.64. The van der Waals surface area contributed by atoms with Crippen molar-refractivity contribution < 1.29 is 14.3 Å². The second kappa shape index (κ2) is 5.67. The molecule has 94 valence electrons. The van der Waals surface area contributed by atoms with Crippen molar-refractivity contribution in [3.05, 3.63) is 16.9 Å². The Bertz CT molecular complexity index is 411. The van der Waals surface area contributed by atoms with Crippen LogP contribution in [-0.4, -0.2) is 35.3 Å². The highest BCUT2D eigenvalue weighted by atomic mass is 35.5. The fraction of sp³-hybridized carbons (Fsp3) is 0.500. The smallest absolute Gasteiger partial charge is 0.325 e. The number of carbonyl (C=O) groups is 2. The van der Waals surface area contributed by atoms with Crippen LogP contribution in [0.25, 0.3) is 0 Å². The lowest BCUT2D eigenvalue weighted by Gasteiger charge is -2.11. The van der Waals surface area contributed by atoms with Crippen LogP contribution in [0.5, 0.6) is 0 Å². The summed E-state index contributed by atoms with van der Waals surface area (Å²) in [5.74, 6) is -0.824. The number of aromatic nitrogens is 2. The van der Waals surface area contributed by atoms with Gasteiger partial charge in [0.05, 0.1) is 17.8 Å². The molecule has 0 aliphatic heterocycles. The number of hydrogen-bond donors (Lipinski definition) is 1. The Balaban J connectivity index is 2.60. The van der Waals surface area contributed by atoms with Crippen molar-refractivity contribution in [3.8, 4) is 0 Å². The maximum Gasteiger partial charge on any atom is 0.325 e. The molecule has 1 rings (SSSR count). The second-order valence-electron chi connectivity index (χ2n) is 3.51. The lowest BCUT2D eigenvalue weighted by molar-refractivity contribution is -0.141. The summed E-state index contributed by atoms with van der Waals surface area (Å²) in [4.78, 5) is 22.5. The number of aryl methyl sites for hydroxylation is 1. The minimum Gasteiger partial charge on any atom is -0.468 e. The highest BCUT2D eigenvalue weighted by molar-refractivity contribution is 6.31. The molecule has 17 heavy (non-hydrogen) atoms. The van der Waals surface area contributed by atoms with E-state index in [1.807, 2.05) is 0 Å². The van der Waals surface area contributed by atoms with Gasteiger partial charge in [0.15, 0.2) is 0 Å². The molecule has 1 amide bonds. The molecule has 0 spiro atoms. The van der Waals surface area contributed by atoms with Gasteiger partial charge in [-0.1, -0.05) is 11.6 Å². The predicted octanol–water partition coefficient (Wildman–Crippen LogP) is 0.695. The first-order valence-electron chi connectivity index (χ1n) is 5.01. The standard InChI is InChI=1S/C10H14ClN3O3/c1-6-8(11)5-14(13-6)7(2)10(16)12-4-9(15)17-3/h5,7H,4H2,1-3H3,(H,12,16). The number of esters is 1. The Morgan fingerprint density at radius 3 is 2.76 bits per heavy atom. The Hall–Kier alpha value is -1.56. The average Bonchev–Trinajstić information content (AvgIpc) is 2.65. The molecule has 0 fully saturated rings. The molecule has 1 heterocycles. The zero-order chi connectivity index (χ0) is 13.0. The van der Waals surface area contributed by atoms with E-state index in [1.165, 1.54) is 11.8 Å². The monoisotopic (exact) mass is 259 g/mol. The molecule has 1 unspecified atom stereocenters. The normalized spacial score (nSPS) is 12.0. The van der Waals surface area contributed by atoms with Crippen molar-refractivity contribution in [1.82, 2.24) is 15.1 Å². The number of nitrogens with one attached hydrogen (secondary N) is 1. The lowest BCUT2D eigenvalue weighted by Crippen LogP contribution is -2.35. The maximum absolute atomic E-state index is 11.7. The van der Waals surface area contributed by atoms with Crippen molar-refractivity contribution in [2.75, 3.05) is 13.7 Å². The van der Waals surface area contributed by atoms with E-state index in [-0.39, 0.29) is 12.5 Å². The molecule has 0 radical (unpaired) electrons. The van der Waals surface area contributed by atoms with Gasteiger partial charge in [-0.2, -0.15) is 5.10 Å². The van der Waals surface area contributed by atoms with Gasteiger partial charge in [0.2, 0.25) is 5.91 Å². The third-order valence-electron chi connectivity index (χ3n) is 2.27. The number of carbonyl (C=O) groups excluding carboxylic acids is 2. The second-order valence-corrected chi connectivity index (χ2v) is 3.92. The molecule has 0 saturated carbocycles. The van der Waals surface area contributed by atoms with E-state index in [4.69, 9.17) is 11.6 Å². The van der Waals surface area contributed by atoms with E-state index in [0.29, 0.717) is 10.7 Å². The number of ether oxygens (including phenoxy) is 1. The van der Waals surface area contributed by atoms with E-state index >= 15 is 0 Å². The topological polar surface area (TPSA) is 73.2 Å². The van der Waals surface area contributed by atoms with Gasteiger partial charge in [-0.25, -0.2) is 0 Å². The molecular formula is C10H14ClN3O3. The molecule has 0 aliphatic rings. The van der Waals surface area contributed by atoms with Gasteiger partial charge >= 0.3 is 5.97 Å². The molecule has 1 aromatic heterocycles. The Morgan fingerprint density at radius 2 is 2.29 bits per heavy atom. The van der Waals surface area contributed by atoms with E-state index in [9.17, 15) is 9.59 Å². The van der Waals surface area contributed by atoms with Gasteiger partial charge in [-0.15, -0.1) is 0 Å². The van der Waals surface area contributed by atoms with Crippen LogP contribution in [0.1, 0.15) is 18.7 Å². The van der Waals surface area contributed by atoms with Gasteiger partial charge in [0, 0.05) is 6.20 Å². The summed E-state index contributed by atoms with van der Waals surface area (Å²) in [6, 6.07) is -0.536. The summed E-state index contributed by atoms with van der Waals surface area (Å²) in [7, 11) is 1.26. The Labute approximate surface area is 104 Å². The number of nitrogens with zero attached hydrogens (tertiary/aromatic N) is 2. The number of hydrogen-bond acceptors (Lipinski definition) is 4. The van der Waals surface area contributed by atoms with E-state index in [0.717, 1.165) is 0 Å². The number of halogens is 1. The number of amides is 1. The number of rotatable bonds is 4.